The van der Waals surface area contributed by atoms with Crippen LogP contribution in [0, 0.1) is 5.92 Å². The van der Waals surface area contributed by atoms with Gasteiger partial charge in [0.15, 0.2) is 11.5 Å². The minimum absolute atomic E-state index is 0.0247. The topological polar surface area (TPSA) is 50.5 Å². The molecule has 112 valence electrons. The van der Waals surface area contributed by atoms with Gasteiger partial charge < -0.3 is 9.69 Å². The lowest BCUT2D eigenvalue weighted by molar-refractivity contribution is -0.141. The number of hydrogen-bond donors (Lipinski definition) is 0. The Balaban J connectivity index is 1.96. The van der Waals surface area contributed by atoms with Crippen LogP contribution >= 0.6 is 0 Å². The fraction of sp³-hybridized carbons (Fsp3) is 0.462. The molecule has 1 aliphatic rings. The van der Waals surface area contributed by atoms with Gasteiger partial charge in [-0.15, -0.1) is 0 Å². The predicted molar refractivity (Wildman–Crippen MR) is 69.0 cm³/mol. The maximum absolute atomic E-state index is 12.7. The summed E-state index contributed by atoms with van der Waals surface area (Å²) in [5.74, 6) is 0.501. The van der Waals surface area contributed by atoms with Crippen molar-refractivity contribution in [3.05, 3.63) is 24.2 Å². The van der Waals surface area contributed by atoms with Gasteiger partial charge in [-0.1, -0.05) is 0 Å². The Morgan fingerprint density at radius 2 is 2.00 bits per heavy atom. The van der Waals surface area contributed by atoms with Gasteiger partial charge in [-0.3, -0.25) is 0 Å². The second-order valence-electron chi connectivity index (χ2n) is 5.07. The van der Waals surface area contributed by atoms with Crippen LogP contribution in [0.5, 0.6) is 0 Å². The van der Waals surface area contributed by atoms with Crippen molar-refractivity contribution in [3.63, 3.8) is 0 Å². The molecule has 1 saturated heterocycles. The Labute approximate surface area is 118 Å². The number of halogens is 3. The second kappa shape index (κ2) is 5.01. The average molecular weight is 298 g/mol. The average Bonchev–Trinajstić information content (AvgIpc) is 2.91. The van der Waals surface area contributed by atoms with E-state index in [1.54, 1.807) is 0 Å². The number of hydrogen-bond acceptors (Lipinski definition) is 4. The van der Waals surface area contributed by atoms with Crippen LogP contribution in [0.25, 0.3) is 5.52 Å². The van der Waals surface area contributed by atoms with Crippen LogP contribution in [0.2, 0.25) is 0 Å². The van der Waals surface area contributed by atoms with Crippen LogP contribution in [0.3, 0.4) is 0 Å². The van der Waals surface area contributed by atoms with Crippen molar-refractivity contribution in [2.24, 2.45) is 5.92 Å². The zero-order valence-electron chi connectivity index (χ0n) is 11.0. The summed E-state index contributed by atoms with van der Waals surface area (Å²) in [5.41, 5.74) is -0.603. The second-order valence-corrected chi connectivity index (χ2v) is 5.07. The summed E-state index contributed by atoms with van der Waals surface area (Å²) in [6, 6.07) is 1.01. The van der Waals surface area contributed by atoms with Crippen molar-refractivity contribution in [1.82, 2.24) is 14.6 Å². The van der Waals surface area contributed by atoms with E-state index in [1.165, 1.54) is 16.9 Å². The summed E-state index contributed by atoms with van der Waals surface area (Å²) in [7, 11) is 0. The van der Waals surface area contributed by atoms with Crippen molar-refractivity contribution in [2.45, 2.75) is 19.0 Å². The first-order chi connectivity index (χ1) is 9.99. The summed E-state index contributed by atoms with van der Waals surface area (Å²) in [6.45, 7) is 1.20. The monoisotopic (exact) mass is 298 g/mol. The van der Waals surface area contributed by atoms with Crippen molar-refractivity contribution in [2.75, 3.05) is 18.0 Å². The summed E-state index contributed by atoms with van der Waals surface area (Å²) < 4.78 is 39.4. The van der Waals surface area contributed by atoms with Crippen LogP contribution in [0.4, 0.5) is 19.0 Å². The molecule has 0 N–H and O–H groups in total. The molecule has 8 heteroatoms. The SMILES string of the molecule is O=CC1CCN(c2nccn3nc(C(F)(F)F)cc23)CC1. The molecule has 2 aromatic rings. The molecule has 0 unspecified atom stereocenters. The first kappa shape index (κ1) is 13.8. The smallest absolute Gasteiger partial charge is 0.355 e. The number of piperidine rings is 1. The molecule has 0 spiro atoms. The molecule has 3 heterocycles. The first-order valence-corrected chi connectivity index (χ1v) is 6.61. The third-order valence-electron chi connectivity index (χ3n) is 3.69. The zero-order chi connectivity index (χ0) is 15.0. The number of carbonyl (C=O) groups is 1. The molecular weight excluding hydrogens is 285 g/mol. The van der Waals surface area contributed by atoms with E-state index in [0.29, 0.717) is 37.3 Å². The minimum atomic E-state index is -4.48. The molecule has 2 aromatic heterocycles. The minimum Gasteiger partial charge on any atom is -0.355 e. The number of anilines is 1. The maximum Gasteiger partial charge on any atom is 0.435 e. The molecule has 0 aromatic carbocycles. The Hall–Kier alpha value is -2.12. The van der Waals surface area contributed by atoms with Gasteiger partial charge in [-0.25, -0.2) is 9.50 Å². The number of carbonyl (C=O) groups excluding carboxylic acids is 1. The van der Waals surface area contributed by atoms with E-state index in [9.17, 15) is 18.0 Å². The lowest BCUT2D eigenvalue weighted by Crippen LogP contribution is -2.34. The third kappa shape index (κ3) is 2.57. The molecule has 0 atom stereocenters. The molecule has 1 fully saturated rings. The molecule has 21 heavy (non-hydrogen) atoms. The standard InChI is InChI=1S/C13H13F3N4O/c14-13(15,16)11-7-10-12(17-3-6-20(10)18-11)19-4-1-9(8-21)2-5-19/h3,6-9H,1-2,4-5H2. The van der Waals surface area contributed by atoms with Crippen molar-refractivity contribution < 1.29 is 18.0 Å². The number of rotatable bonds is 2. The number of aldehydes is 1. The van der Waals surface area contributed by atoms with Crippen molar-refractivity contribution >= 4 is 17.6 Å². The van der Waals surface area contributed by atoms with Crippen LogP contribution in [0.1, 0.15) is 18.5 Å². The van der Waals surface area contributed by atoms with E-state index >= 15 is 0 Å². The Morgan fingerprint density at radius 3 is 2.62 bits per heavy atom. The van der Waals surface area contributed by atoms with Gasteiger partial charge in [0.2, 0.25) is 0 Å². The van der Waals surface area contributed by atoms with Gasteiger partial charge in [0.25, 0.3) is 0 Å². The quantitative estimate of drug-likeness (QED) is 0.797. The molecule has 0 radical (unpaired) electrons. The molecule has 0 saturated carbocycles. The highest BCUT2D eigenvalue weighted by molar-refractivity contribution is 5.69. The van der Waals surface area contributed by atoms with Gasteiger partial charge in [-0.2, -0.15) is 18.3 Å². The molecule has 0 amide bonds. The van der Waals surface area contributed by atoms with E-state index in [-0.39, 0.29) is 5.92 Å². The predicted octanol–water partition coefficient (Wildman–Crippen LogP) is 2.16. The highest BCUT2D eigenvalue weighted by Gasteiger charge is 2.35. The van der Waals surface area contributed by atoms with Crippen molar-refractivity contribution in [3.8, 4) is 0 Å². The van der Waals surface area contributed by atoms with E-state index < -0.39 is 11.9 Å². The highest BCUT2D eigenvalue weighted by Crippen LogP contribution is 2.31. The van der Waals surface area contributed by atoms with Crippen LogP contribution in [-0.2, 0) is 11.0 Å². The molecule has 0 aliphatic carbocycles. The van der Waals surface area contributed by atoms with E-state index in [2.05, 4.69) is 10.1 Å². The van der Waals surface area contributed by atoms with Gasteiger partial charge in [0, 0.05) is 37.5 Å². The van der Waals surface area contributed by atoms with Crippen LogP contribution in [0.15, 0.2) is 18.5 Å². The Morgan fingerprint density at radius 1 is 1.29 bits per heavy atom. The molecule has 0 bridgehead atoms. The molecule has 1 aliphatic heterocycles. The zero-order valence-corrected chi connectivity index (χ0v) is 11.0. The molecule has 3 rings (SSSR count). The summed E-state index contributed by atoms with van der Waals surface area (Å²) >= 11 is 0. The van der Waals surface area contributed by atoms with E-state index in [0.717, 1.165) is 12.4 Å². The fourth-order valence-corrected chi connectivity index (χ4v) is 2.54. The number of alkyl halides is 3. The van der Waals surface area contributed by atoms with E-state index in [4.69, 9.17) is 0 Å². The number of aromatic nitrogens is 3. The lowest BCUT2D eigenvalue weighted by atomic mass is 9.99. The number of fused-ring (bicyclic) bond motifs is 1. The van der Waals surface area contributed by atoms with Gasteiger partial charge in [-0.05, 0) is 12.8 Å². The lowest BCUT2D eigenvalue weighted by Gasteiger charge is -2.30. The molecule has 5 nitrogen and oxygen atoms in total. The normalized spacial score (nSPS) is 17.4. The van der Waals surface area contributed by atoms with Gasteiger partial charge in [0.1, 0.15) is 11.8 Å². The summed E-state index contributed by atoms with van der Waals surface area (Å²) in [4.78, 5) is 16.8. The summed E-state index contributed by atoms with van der Waals surface area (Å²) in [5, 5.41) is 3.54. The third-order valence-corrected chi connectivity index (χ3v) is 3.69. The summed E-state index contributed by atoms with van der Waals surface area (Å²) in [6.07, 6.45) is 0.659. The first-order valence-electron chi connectivity index (χ1n) is 6.61. The van der Waals surface area contributed by atoms with Crippen LogP contribution in [-0.4, -0.2) is 34.0 Å². The maximum atomic E-state index is 12.7. The molecular formula is C13H13F3N4O. The van der Waals surface area contributed by atoms with Gasteiger partial charge in [0.05, 0.1) is 0 Å². The van der Waals surface area contributed by atoms with Crippen LogP contribution < -0.4 is 4.90 Å². The van der Waals surface area contributed by atoms with Gasteiger partial charge >= 0.3 is 6.18 Å². The Bertz CT molecular complexity index is 659. The van der Waals surface area contributed by atoms with E-state index in [1.807, 2.05) is 4.90 Å². The fourth-order valence-electron chi connectivity index (χ4n) is 2.54. The largest absolute Gasteiger partial charge is 0.435 e. The van der Waals surface area contributed by atoms with Crippen molar-refractivity contribution in [1.29, 1.82) is 0 Å². The number of nitrogens with zero attached hydrogens (tertiary/aromatic N) is 4. The highest BCUT2D eigenvalue weighted by atomic mass is 19.4. The Kier molecular flexibility index (Phi) is 3.30.